The molecule has 1 amide bonds. The first-order valence-corrected chi connectivity index (χ1v) is 10.6. The molecule has 3 N–H and O–H groups in total. The molecule has 0 bridgehead atoms. The lowest BCUT2D eigenvalue weighted by molar-refractivity contribution is -0.116. The second-order valence-corrected chi connectivity index (χ2v) is 7.62. The topological polar surface area (TPSA) is 81.6 Å². The summed E-state index contributed by atoms with van der Waals surface area (Å²) in [5.41, 5.74) is 3.37. The number of aromatic nitrogens is 1. The van der Waals surface area contributed by atoms with Crippen LogP contribution in [-0.2, 0) is 4.79 Å². The van der Waals surface area contributed by atoms with E-state index in [1.54, 1.807) is 13.1 Å². The number of pyridine rings is 1. The summed E-state index contributed by atoms with van der Waals surface area (Å²) in [4.78, 5) is 23.2. The zero-order valence-corrected chi connectivity index (χ0v) is 18.1. The summed E-state index contributed by atoms with van der Waals surface area (Å²) in [6.45, 7) is 6.77. The van der Waals surface area contributed by atoms with E-state index in [1.807, 2.05) is 19.1 Å². The lowest BCUT2D eigenvalue weighted by Gasteiger charge is -2.22. The number of amides is 1. The van der Waals surface area contributed by atoms with E-state index in [0.717, 1.165) is 18.8 Å². The van der Waals surface area contributed by atoms with Crippen molar-refractivity contribution in [2.45, 2.75) is 39.2 Å². The van der Waals surface area contributed by atoms with Gasteiger partial charge in [-0.25, -0.2) is 4.98 Å². The molecule has 2 heterocycles. The molecular formula is C23H32N6O. The minimum atomic E-state index is -0.0811. The van der Waals surface area contributed by atoms with Crippen molar-refractivity contribution in [2.75, 3.05) is 36.9 Å². The summed E-state index contributed by atoms with van der Waals surface area (Å²) < 4.78 is 0. The number of guanidine groups is 1. The van der Waals surface area contributed by atoms with Gasteiger partial charge in [0.05, 0.1) is 6.04 Å². The monoisotopic (exact) mass is 408 g/mol. The SMILES string of the molecule is CN=C(NCCC(=O)Nc1cccc(C)n1)NC(C)c1cccc(N2CCCC2)c1. The van der Waals surface area contributed by atoms with Crippen LogP contribution in [0.4, 0.5) is 11.5 Å². The van der Waals surface area contributed by atoms with Crippen molar-refractivity contribution in [1.29, 1.82) is 0 Å². The molecule has 0 saturated carbocycles. The van der Waals surface area contributed by atoms with Gasteiger partial charge in [0.2, 0.25) is 5.91 Å². The summed E-state index contributed by atoms with van der Waals surface area (Å²) in [7, 11) is 1.74. The van der Waals surface area contributed by atoms with E-state index in [9.17, 15) is 4.79 Å². The van der Waals surface area contributed by atoms with Crippen LogP contribution in [0, 0.1) is 6.92 Å². The van der Waals surface area contributed by atoms with Crippen LogP contribution in [0.2, 0.25) is 0 Å². The maximum Gasteiger partial charge on any atom is 0.227 e. The van der Waals surface area contributed by atoms with Gasteiger partial charge in [-0.15, -0.1) is 0 Å². The second-order valence-electron chi connectivity index (χ2n) is 7.62. The fourth-order valence-electron chi connectivity index (χ4n) is 3.56. The number of carbonyl (C=O) groups excluding carboxylic acids is 1. The molecule has 0 spiro atoms. The third-order valence-electron chi connectivity index (χ3n) is 5.22. The minimum Gasteiger partial charge on any atom is -0.372 e. The smallest absolute Gasteiger partial charge is 0.227 e. The average Bonchev–Trinajstić information content (AvgIpc) is 3.28. The normalized spacial score (nSPS) is 15.0. The molecule has 30 heavy (non-hydrogen) atoms. The van der Waals surface area contributed by atoms with E-state index in [4.69, 9.17) is 0 Å². The fraction of sp³-hybridized carbons (Fsp3) is 0.435. The van der Waals surface area contributed by atoms with Crippen molar-refractivity contribution in [1.82, 2.24) is 15.6 Å². The first-order valence-electron chi connectivity index (χ1n) is 10.6. The van der Waals surface area contributed by atoms with Crippen LogP contribution in [0.15, 0.2) is 47.5 Å². The van der Waals surface area contributed by atoms with Crippen LogP contribution in [0.3, 0.4) is 0 Å². The van der Waals surface area contributed by atoms with Crippen molar-refractivity contribution >= 4 is 23.4 Å². The Morgan fingerprint density at radius 1 is 1.20 bits per heavy atom. The third kappa shape index (κ3) is 6.20. The summed E-state index contributed by atoms with van der Waals surface area (Å²) in [5.74, 6) is 1.17. The predicted octanol–water partition coefficient (Wildman–Crippen LogP) is 3.25. The summed E-state index contributed by atoms with van der Waals surface area (Å²) >= 11 is 0. The summed E-state index contributed by atoms with van der Waals surface area (Å²) in [6.07, 6.45) is 2.86. The van der Waals surface area contributed by atoms with E-state index < -0.39 is 0 Å². The lowest BCUT2D eigenvalue weighted by atomic mass is 10.1. The number of nitrogens with one attached hydrogen (secondary N) is 3. The molecule has 3 rings (SSSR count). The van der Waals surface area contributed by atoms with Crippen molar-refractivity contribution in [3.8, 4) is 0 Å². The highest BCUT2D eigenvalue weighted by Gasteiger charge is 2.14. The standard InChI is InChI=1S/C23H32N6O/c1-17-8-6-11-21(26-17)28-22(30)12-13-25-23(24-3)27-18(2)19-9-7-10-20(16-19)29-14-4-5-15-29/h6-11,16,18H,4-5,12-15H2,1-3H3,(H2,24,25,27)(H,26,28,30). The molecule has 1 atom stereocenters. The van der Waals surface area contributed by atoms with Gasteiger partial charge in [0, 0.05) is 44.5 Å². The van der Waals surface area contributed by atoms with E-state index in [1.165, 1.54) is 24.1 Å². The molecule has 1 unspecified atom stereocenters. The molecule has 160 valence electrons. The van der Waals surface area contributed by atoms with Crippen molar-refractivity contribution in [3.63, 3.8) is 0 Å². The number of rotatable bonds is 7. The Bertz CT molecular complexity index is 876. The molecule has 1 aromatic carbocycles. The third-order valence-corrected chi connectivity index (χ3v) is 5.22. The van der Waals surface area contributed by atoms with Crippen LogP contribution in [0.25, 0.3) is 0 Å². The molecule has 1 aliphatic rings. The Balaban J connectivity index is 1.47. The van der Waals surface area contributed by atoms with Gasteiger partial charge in [-0.2, -0.15) is 0 Å². The first kappa shape index (κ1) is 21.6. The maximum atomic E-state index is 12.1. The van der Waals surface area contributed by atoms with Crippen LogP contribution in [0.5, 0.6) is 0 Å². The van der Waals surface area contributed by atoms with E-state index in [0.29, 0.717) is 24.7 Å². The molecule has 0 radical (unpaired) electrons. The van der Waals surface area contributed by atoms with Crippen LogP contribution in [-0.4, -0.2) is 43.5 Å². The number of aliphatic imine (C=N–C) groups is 1. The van der Waals surface area contributed by atoms with Gasteiger partial charge in [0.15, 0.2) is 5.96 Å². The van der Waals surface area contributed by atoms with E-state index in [-0.39, 0.29) is 11.9 Å². The Morgan fingerprint density at radius 2 is 1.97 bits per heavy atom. The Hall–Kier alpha value is -3.09. The quantitative estimate of drug-likeness (QED) is 0.484. The Morgan fingerprint density at radius 3 is 2.70 bits per heavy atom. The number of nitrogens with zero attached hydrogens (tertiary/aromatic N) is 3. The molecule has 2 aromatic rings. The van der Waals surface area contributed by atoms with Crippen LogP contribution >= 0.6 is 0 Å². The van der Waals surface area contributed by atoms with Crippen LogP contribution in [0.1, 0.15) is 43.5 Å². The number of aryl methyl sites for hydroxylation is 1. The molecule has 7 nitrogen and oxygen atoms in total. The maximum absolute atomic E-state index is 12.1. The van der Waals surface area contributed by atoms with Crippen molar-refractivity contribution < 1.29 is 4.79 Å². The van der Waals surface area contributed by atoms with Gasteiger partial charge < -0.3 is 20.9 Å². The predicted molar refractivity (Wildman–Crippen MR) is 123 cm³/mol. The molecule has 1 aliphatic heterocycles. The van der Waals surface area contributed by atoms with Gasteiger partial charge in [-0.1, -0.05) is 18.2 Å². The van der Waals surface area contributed by atoms with E-state index >= 15 is 0 Å². The molecule has 7 heteroatoms. The Labute approximate surface area is 179 Å². The number of hydrogen-bond acceptors (Lipinski definition) is 4. The molecule has 1 fully saturated rings. The van der Waals surface area contributed by atoms with Gasteiger partial charge >= 0.3 is 0 Å². The highest BCUT2D eigenvalue weighted by Crippen LogP contribution is 2.23. The van der Waals surface area contributed by atoms with Gasteiger partial charge in [0.25, 0.3) is 0 Å². The van der Waals surface area contributed by atoms with Crippen LogP contribution < -0.4 is 20.9 Å². The minimum absolute atomic E-state index is 0.0811. The lowest BCUT2D eigenvalue weighted by Crippen LogP contribution is -2.40. The number of anilines is 2. The van der Waals surface area contributed by atoms with Gasteiger partial charge in [0.1, 0.15) is 5.82 Å². The number of hydrogen-bond donors (Lipinski definition) is 3. The zero-order valence-electron chi connectivity index (χ0n) is 18.1. The largest absolute Gasteiger partial charge is 0.372 e. The van der Waals surface area contributed by atoms with Gasteiger partial charge in [-0.05, 0) is 56.5 Å². The fourth-order valence-corrected chi connectivity index (χ4v) is 3.56. The van der Waals surface area contributed by atoms with E-state index in [2.05, 4.69) is 62.0 Å². The highest BCUT2D eigenvalue weighted by atomic mass is 16.1. The van der Waals surface area contributed by atoms with Crippen molar-refractivity contribution in [2.24, 2.45) is 4.99 Å². The average molecular weight is 409 g/mol. The summed E-state index contributed by atoms with van der Waals surface area (Å²) in [6, 6.07) is 14.3. The number of carbonyl (C=O) groups is 1. The molecule has 0 aliphatic carbocycles. The zero-order chi connectivity index (χ0) is 21.3. The summed E-state index contributed by atoms with van der Waals surface area (Å²) in [5, 5.41) is 9.44. The van der Waals surface area contributed by atoms with Gasteiger partial charge in [-0.3, -0.25) is 9.79 Å². The second kappa shape index (κ2) is 10.6. The molecule has 1 saturated heterocycles. The molecule has 1 aromatic heterocycles. The highest BCUT2D eigenvalue weighted by molar-refractivity contribution is 5.90. The molecular weight excluding hydrogens is 376 g/mol. The van der Waals surface area contributed by atoms with Crippen molar-refractivity contribution in [3.05, 3.63) is 53.7 Å². The number of benzene rings is 1. The first-order chi connectivity index (χ1) is 14.5. The Kier molecular flexibility index (Phi) is 7.65.